The zero-order chi connectivity index (χ0) is 23.7. The number of rotatable bonds is 6. The maximum Gasteiger partial charge on any atom is 0.247 e. The molecule has 0 spiro atoms. The lowest BCUT2D eigenvalue weighted by Crippen LogP contribution is -2.20. The first kappa shape index (κ1) is 21.8. The fraction of sp³-hybridized carbons (Fsp3) is 0.120. The van der Waals surface area contributed by atoms with E-state index < -0.39 is 0 Å². The molecule has 0 atom stereocenters. The highest BCUT2D eigenvalue weighted by atomic mass is 35.5. The van der Waals surface area contributed by atoms with Gasteiger partial charge in [-0.1, -0.05) is 41.9 Å². The van der Waals surface area contributed by atoms with Gasteiger partial charge in [0.05, 0.1) is 12.2 Å². The third-order valence-electron chi connectivity index (χ3n) is 5.45. The number of nitrogens with one attached hydrogen (secondary N) is 1. The van der Waals surface area contributed by atoms with Crippen LogP contribution in [0.4, 0.5) is 10.2 Å². The number of aromatic nitrogens is 5. The van der Waals surface area contributed by atoms with E-state index in [0.717, 1.165) is 27.8 Å². The summed E-state index contributed by atoms with van der Waals surface area (Å²) < 4.78 is 16.6. The van der Waals surface area contributed by atoms with Crippen molar-refractivity contribution in [2.45, 2.75) is 20.0 Å². The lowest BCUT2D eigenvalue weighted by molar-refractivity contribution is -0.116. The van der Waals surface area contributed by atoms with Crippen LogP contribution in [0.5, 0.6) is 0 Å². The third-order valence-corrected chi connectivity index (χ3v) is 5.82. The summed E-state index contributed by atoms with van der Waals surface area (Å²) in [5.74, 6) is -0.140. The van der Waals surface area contributed by atoms with Crippen LogP contribution < -0.4 is 5.32 Å². The summed E-state index contributed by atoms with van der Waals surface area (Å²) >= 11 is 6.22. The number of carbonyl (C=O) groups is 1. The molecule has 7 nitrogen and oxygen atoms in total. The molecule has 0 aliphatic carbocycles. The van der Waals surface area contributed by atoms with E-state index in [2.05, 4.69) is 20.5 Å². The van der Waals surface area contributed by atoms with Crippen molar-refractivity contribution in [3.63, 3.8) is 0 Å². The molecule has 5 rings (SSSR count). The average molecular weight is 475 g/mol. The van der Waals surface area contributed by atoms with E-state index in [1.165, 1.54) is 12.1 Å². The smallest absolute Gasteiger partial charge is 0.247 e. The third kappa shape index (κ3) is 4.40. The van der Waals surface area contributed by atoms with Gasteiger partial charge in [-0.25, -0.2) is 14.1 Å². The highest BCUT2D eigenvalue weighted by Gasteiger charge is 2.16. The second-order valence-corrected chi connectivity index (χ2v) is 8.25. The van der Waals surface area contributed by atoms with E-state index in [1.807, 2.05) is 37.3 Å². The predicted octanol–water partition coefficient (Wildman–Crippen LogP) is 5.08. The molecule has 3 heterocycles. The summed E-state index contributed by atoms with van der Waals surface area (Å²) in [4.78, 5) is 17.2. The molecule has 0 aliphatic rings. The SMILES string of the molecule is Cc1nn(CC(=O)Nc2ccn(Cc3ccccc3Cl)n2)c2nccc(-c3ccc(F)cc3)c12. The van der Waals surface area contributed by atoms with Crippen molar-refractivity contribution in [3.05, 3.63) is 95.2 Å². The van der Waals surface area contributed by atoms with Crippen LogP contribution in [-0.2, 0) is 17.9 Å². The largest absolute Gasteiger partial charge is 0.308 e. The van der Waals surface area contributed by atoms with E-state index in [0.29, 0.717) is 23.0 Å². The van der Waals surface area contributed by atoms with Gasteiger partial charge in [0.15, 0.2) is 11.5 Å². The molecule has 0 radical (unpaired) electrons. The van der Waals surface area contributed by atoms with Crippen molar-refractivity contribution in [1.29, 1.82) is 0 Å². The Morgan fingerprint density at radius 1 is 1.06 bits per heavy atom. The van der Waals surface area contributed by atoms with Crippen molar-refractivity contribution < 1.29 is 9.18 Å². The second kappa shape index (κ2) is 9.07. The number of nitrogens with zero attached hydrogens (tertiary/aromatic N) is 5. The van der Waals surface area contributed by atoms with Crippen LogP contribution in [0.25, 0.3) is 22.2 Å². The van der Waals surface area contributed by atoms with Gasteiger partial charge in [0.25, 0.3) is 0 Å². The molecule has 9 heteroatoms. The number of fused-ring (bicyclic) bond motifs is 1. The number of benzene rings is 2. The van der Waals surface area contributed by atoms with Crippen molar-refractivity contribution >= 4 is 34.4 Å². The normalized spacial score (nSPS) is 11.1. The molecule has 2 aromatic carbocycles. The number of halogens is 2. The monoisotopic (exact) mass is 474 g/mol. The molecular formula is C25H20ClFN6O. The van der Waals surface area contributed by atoms with Crippen LogP contribution in [0.1, 0.15) is 11.3 Å². The van der Waals surface area contributed by atoms with Crippen LogP contribution >= 0.6 is 11.6 Å². The zero-order valence-corrected chi connectivity index (χ0v) is 19.0. The molecule has 0 fully saturated rings. The van der Waals surface area contributed by atoms with Gasteiger partial charge in [0.2, 0.25) is 5.91 Å². The quantitative estimate of drug-likeness (QED) is 0.372. The Morgan fingerprint density at radius 2 is 1.85 bits per heavy atom. The van der Waals surface area contributed by atoms with Gasteiger partial charge in [0.1, 0.15) is 12.4 Å². The minimum atomic E-state index is -0.299. The van der Waals surface area contributed by atoms with Crippen LogP contribution in [-0.4, -0.2) is 30.5 Å². The summed E-state index contributed by atoms with van der Waals surface area (Å²) in [6, 6.07) is 17.4. The maximum atomic E-state index is 13.4. The first-order chi connectivity index (χ1) is 16.5. The van der Waals surface area contributed by atoms with Crippen molar-refractivity contribution in [2.75, 3.05) is 5.32 Å². The van der Waals surface area contributed by atoms with E-state index >= 15 is 0 Å². The molecule has 1 amide bonds. The predicted molar refractivity (Wildman–Crippen MR) is 129 cm³/mol. The van der Waals surface area contributed by atoms with Gasteiger partial charge in [-0.15, -0.1) is 0 Å². The topological polar surface area (TPSA) is 77.6 Å². The van der Waals surface area contributed by atoms with Gasteiger partial charge in [-0.3, -0.25) is 9.48 Å². The van der Waals surface area contributed by atoms with Crippen LogP contribution in [0.3, 0.4) is 0 Å². The summed E-state index contributed by atoms with van der Waals surface area (Å²) in [5.41, 5.74) is 3.99. The zero-order valence-electron chi connectivity index (χ0n) is 18.2. The highest BCUT2D eigenvalue weighted by molar-refractivity contribution is 6.31. The number of anilines is 1. The Labute approximate surface area is 199 Å². The summed E-state index contributed by atoms with van der Waals surface area (Å²) in [5, 5.41) is 13.2. The average Bonchev–Trinajstić information content (AvgIpc) is 3.39. The molecule has 5 aromatic rings. The second-order valence-electron chi connectivity index (χ2n) is 7.85. The number of pyridine rings is 1. The lowest BCUT2D eigenvalue weighted by atomic mass is 10.0. The minimum absolute atomic E-state index is 0.0262. The van der Waals surface area contributed by atoms with Gasteiger partial charge in [0, 0.05) is 28.9 Å². The van der Waals surface area contributed by atoms with Gasteiger partial charge < -0.3 is 5.32 Å². The fourth-order valence-electron chi connectivity index (χ4n) is 3.90. The molecular weight excluding hydrogens is 455 g/mol. The van der Waals surface area contributed by atoms with E-state index in [9.17, 15) is 9.18 Å². The lowest BCUT2D eigenvalue weighted by Gasteiger charge is -2.06. The molecule has 0 bridgehead atoms. The van der Waals surface area contributed by atoms with Crippen LogP contribution in [0.2, 0.25) is 5.02 Å². The number of amides is 1. The first-order valence-electron chi connectivity index (χ1n) is 10.6. The summed E-state index contributed by atoms with van der Waals surface area (Å²) in [6.45, 7) is 2.33. The molecule has 0 aliphatic heterocycles. The molecule has 0 saturated carbocycles. The minimum Gasteiger partial charge on any atom is -0.308 e. The standard InChI is InChI=1S/C25H20ClFN6O/c1-16-24-20(17-6-8-19(27)9-7-17)10-12-28-25(24)33(30-16)15-23(34)29-22-11-13-32(31-22)14-18-4-2-3-5-21(18)26/h2-13H,14-15H2,1H3,(H,29,31,34). The number of carbonyl (C=O) groups excluding carboxylic acids is 1. The summed E-state index contributed by atoms with van der Waals surface area (Å²) in [6.07, 6.45) is 3.44. The van der Waals surface area contributed by atoms with Crippen LogP contribution in [0.15, 0.2) is 73.1 Å². The Hall–Kier alpha value is -4.04. The molecule has 3 aromatic heterocycles. The van der Waals surface area contributed by atoms with Gasteiger partial charge >= 0.3 is 0 Å². The number of hydrogen-bond donors (Lipinski definition) is 1. The van der Waals surface area contributed by atoms with E-state index in [4.69, 9.17) is 11.6 Å². The number of aryl methyl sites for hydroxylation is 1. The van der Waals surface area contributed by atoms with Crippen LogP contribution in [0, 0.1) is 12.7 Å². The first-order valence-corrected chi connectivity index (χ1v) is 11.0. The number of hydrogen-bond acceptors (Lipinski definition) is 4. The van der Waals surface area contributed by atoms with Crippen molar-refractivity contribution in [2.24, 2.45) is 0 Å². The Kier molecular flexibility index (Phi) is 5.81. The highest BCUT2D eigenvalue weighted by Crippen LogP contribution is 2.30. The Bertz CT molecular complexity index is 1490. The molecule has 170 valence electrons. The molecule has 0 unspecified atom stereocenters. The van der Waals surface area contributed by atoms with E-state index in [1.54, 1.807) is 40.0 Å². The molecule has 0 saturated heterocycles. The molecule has 34 heavy (non-hydrogen) atoms. The summed E-state index contributed by atoms with van der Waals surface area (Å²) in [7, 11) is 0. The Balaban J connectivity index is 1.34. The van der Waals surface area contributed by atoms with Gasteiger partial charge in [-0.2, -0.15) is 10.2 Å². The van der Waals surface area contributed by atoms with Crippen molar-refractivity contribution in [3.8, 4) is 11.1 Å². The molecule has 1 N–H and O–H groups in total. The fourth-order valence-corrected chi connectivity index (χ4v) is 4.09. The van der Waals surface area contributed by atoms with E-state index in [-0.39, 0.29) is 18.3 Å². The van der Waals surface area contributed by atoms with Crippen molar-refractivity contribution in [1.82, 2.24) is 24.5 Å². The maximum absolute atomic E-state index is 13.4. The van der Waals surface area contributed by atoms with Gasteiger partial charge in [-0.05, 0) is 47.9 Å². The Morgan fingerprint density at radius 3 is 2.65 bits per heavy atom.